The number of hydrogen-bond donors (Lipinski definition) is 1. The van der Waals surface area contributed by atoms with Gasteiger partial charge in [0.05, 0.1) is 0 Å². The summed E-state index contributed by atoms with van der Waals surface area (Å²) in [4.78, 5) is 0. The molecule has 18 heavy (non-hydrogen) atoms. The fourth-order valence-electron chi connectivity index (χ4n) is 2.53. The average Bonchev–Trinajstić information content (AvgIpc) is 2.69. The third-order valence-corrected chi connectivity index (χ3v) is 3.50. The minimum Gasteiger partial charge on any atom is -0.382 e. The molecule has 0 unspecified atom stereocenters. The van der Waals surface area contributed by atoms with Gasteiger partial charge in [-0.1, -0.05) is 35.9 Å². The quantitative estimate of drug-likeness (QED) is 0.860. The molecule has 0 saturated heterocycles. The van der Waals surface area contributed by atoms with Crippen molar-refractivity contribution in [2.75, 3.05) is 5.32 Å². The fourth-order valence-corrected chi connectivity index (χ4v) is 2.76. The second-order valence-electron chi connectivity index (χ2n) is 4.68. The molecule has 0 fully saturated rings. The minimum absolute atomic E-state index is 0.305. The molecule has 0 spiro atoms. The highest BCUT2D eigenvalue weighted by atomic mass is 35.5. The summed E-state index contributed by atoms with van der Waals surface area (Å²) in [6.07, 6.45) is 1.95. The molecule has 0 aliphatic heterocycles. The lowest BCUT2D eigenvalue weighted by atomic mass is 10.1. The molecule has 0 aromatic heterocycles. The zero-order valence-corrected chi connectivity index (χ0v) is 10.5. The zero-order chi connectivity index (χ0) is 12.5. The van der Waals surface area contributed by atoms with Crippen LogP contribution in [0.25, 0.3) is 0 Å². The molecule has 1 N–H and O–H groups in total. The molecule has 1 aliphatic carbocycles. The first-order chi connectivity index (χ1) is 8.70. The Morgan fingerprint density at radius 1 is 1.06 bits per heavy atom. The predicted molar refractivity (Wildman–Crippen MR) is 72.7 cm³/mol. The predicted octanol–water partition coefficient (Wildman–Crippen LogP) is 4.06. The van der Waals surface area contributed by atoms with Crippen molar-refractivity contribution in [3.63, 3.8) is 0 Å². The highest BCUT2D eigenvalue weighted by Crippen LogP contribution is 2.26. The summed E-state index contributed by atoms with van der Waals surface area (Å²) in [5.74, 6) is -0.305. The number of hydrogen-bond acceptors (Lipinski definition) is 1. The molecule has 3 heteroatoms. The molecular formula is C15H13ClFN. The Balaban J connectivity index is 1.76. The maximum absolute atomic E-state index is 13.2. The second kappa shape index (κ2) is 4.62. The molecular weight excluding hydrogens is 249 g/mol. The summed E-state index contributed by atoms with van der Waals surface area (Å²) in [6, 6.07) is 13.3. The molecule has 0 bridgehead atoms. The first-order valence-corrected chi connectivity index (χ1v) is 6.38. The van der Waals surface area contributed by atoms with Crippen molar-refractivity contribution < 1.29 is 4.39 Å². The van der Waals surface area contributed by atoms with E-state index in [4.69, 9.17) is 11.6 Å². The van der Waals surface area contributed by atoms with Crippen LogP contribution in [0.2, 0.25) is 5.02 Å². The van der Waals surface area contributed by atoms with Crippen molar-refractivity contribution in [3.8, 4) is 0 Å². The first-order valence-electron chi connectivity index (χ1n) is 6.00. The van der Waals surface area contributed by atoms with Crippen LogP contribution >= 0.6 is 11.6 Å². The van der Waals surface area contributed by atoms with Gasteiger partial charge in [0.1, 0.15) is 5.82 Å². The van der Waals surface area contributed by atoms with Crippen LogP contribution in [0.15, 0.2) is 42.5 Å². The Hall–Kier alpha value is -1.54. The van der Waals surface area contributed by atoms with Gasteiger partial charge in [-0.2, -0.15) is 0 Å². The van der Waals surface area contributed by atoms with Crippen LogP contribution in [0.3, 0.4) is 0 Å². The molecule has 2 aromatic rings. The van der Waals surface area contributed by atoms with Crippen molar-refractivity contribution in [3.05, 3.63) is 64.4 Å². The van der Waals surface area contributed by atoms with Gasteiger partial charge in [-0.3, -0.25) is 0 Å². The van der Waals surface area contributed by atoms with Gasteiger partial charge in [-0.05, 0) is 42.2 Å². The normalized spacial score (nSPS) is 14.6. The van der Waals surface area contributed by atoms with E-state index >= 15 is 0 Å². The molecule has 0 radical (unpaired) electrons. The van der Waals surface area contributed by atoms with Gasteiger partial charge in [-0.15, -0.1) is 0 Å². The van der Waals surface area contributed by atoms with E-state index in [0.717, 1.165) is 18.5 Å². The van der Waals surface area contributed by atoms with E-state index in [9.17, 15) is 4.39 Å². The van der Waals surface area contributed by atoms with Crippen molar-refractivity contribution >= 4 is 17.3 Å². The van der Waals surface area contributed by atoms with E-state index in [0.29, 0.717) is 11.1 Å². The Morgan fingerprint density at radius 3 is 2.33 bits per heavy atom. The number of nitrogens with one attached hydrogen (secondary N) is 1. The Bertz CT molecular complexity index is 537. The minimum atomic E-state index is -0.305. The summed E-state index contributed by atoms with van der Waals surface area (Å²) >= 11 is 5.84. The topological polar surface area (TPSA) is 12.0 Å². The Labute approximate surface area is 111 Å². The van der Waals surface area contributed by atoms with E-state index < -0.39 is 0 Å². The summed E-state index contributed by atoms with van der Waals surface area (Å²) < 4.78 is 13.2. The maximum atomic E-state index is 13.2. The summed E-state index contributed by atoms with van der Waals surface area (Å²) in [5.41, 5.74) is 3.49. The van der Waals surface area contributed by atoms with E-state index in [2.05, 4.69) is 29.6 Å². The summed E-state index contributed by atoms with van der Waals surface area (Å²) in [5, 5.41) is 3.77. The lowest BCUT2D eigenvalue weighted by Gasteiger charge is -2.13. The molecule has 1 aliphatic rings. The summed E-state index contributed by atoms with van der Waals surface area (Å²) in [6.45, 7) is 0. The van der Waals surface area contributed by atoms with Gasteiger partial charge in [0.25, 0.3) is 0 Å². The van der Waals surface area contributed by atoms with Gasteiger partial charge in [0.15, 0.2) is 0 Å². The van der Waals surface area contributed by atoms with Crippen LogP contribution in [0.4, 0.5) is 10.1 Å². The van der Waals surface area contributed by atoms with E-state index in [1.807, 2.05) is 0 Å². The van der Waals surface area contributed by atoms with Crippen molar-refractivity contribution in [1.29, 1.82) is 0 Å². The molecule has 0 saturated carbocycles. The largest absolute Gasteiger partial charge is 0.382 e. The van der Waals surface area contributed by atoms with Gasteiger partial charge in [0, 0.05) is 16.8 Å². The lowest BCUT2D eigenvalue weighted by Crippen LogP contribution is -2.19. The Morgan fingerprint density at radius 2 is 1.72 bits per heavy atom. The van der Waals surface area contributed by atoms with E-state index in [1.54, 1.807) is 6.07 Å². The maximum Gasteiger partial charge on any atom is 0.126 e. The monoisotopic (exact) mass is 261 g/mol. The number of rotatable bonds is 2. The molecule has 0 heterocycles. The summed E-state index contributed by atoms with van der Waals surface area (Å²) in [7, 11) is 0. The van der Waals surface area contributed by atoms with Crippen molar-refractivity contribution in [2.24, 2.45) is 0 Å². The fraction of sp³-hybridized carbons (Fsp3) is 0.200. The number of anilines is 1. The van der Waals surface area contributed by atoms with Crippen LogP contribution in [0.5, 0.6) is 0 Å². The standard InChI is InChI=1S/C15H13ClFN/c16-12-7-13(17)9-15(8-12)18-14-5-10-3-1-2-4-11(10)6-14/h1-4,7-9,14,18H,5-6H2. The highest BCUT2D eigenvalue weighted by Gasteiger charge is 2.20. The molecule has 92 valence electrons. The highest BCUT2D eigenvalue weighted by molar-refractivity contribution is 6.30. The third kappa shape index (κ3) is 2.34. The van der Waals surface area contributed by atoms with Crippen LogP contribution in [0.1, 0.15) is 11.1 Å². The molecule has 0 atom stereocenters. The first kappa shape index (κ1) is 11.5. The second-order valence-corrected chi connectivity index (χ2v) is 5.11. The van der Waals surface area contributed by atoms with Crippen molar-refractivity contribution in [1.82, 2.24) is 0 Å². The van der Waals surface area contributed by atoms with Crippen LogP contribution in [-0.4, -0.2) is 6.04 Å². The number of fused-ring (bicyclic) bond motifs is 1. The number of halogens is 2. The zero-order valence-electron chi connectivity index (χ0n) is 9.79. The molecule has 3 rings (SSSR count). The third-order valence-electron chi connectivity index (χ3n) is 3.28. The van der Waals surface area contributed by atoms with Crippen LogP contribution < -0.4 is 5.32 Å². The Kier molecular flexibility index (Phi) is 2.96. The molecule has 2 aromatic carbocycles. The van der Waals surface area contributed by atoms with Crippen molar-refractivity contribution in [2.45, 2.75) is 18.9 Å². The SMILES string of the molecule is Fc1cc(Cl)cc(NC2Cc3ccccc3C2)c1. The van der Waals surface area contributed by atoms with Gasteiger partial charge < -0.3 is 5.32 Å². The molecule has 0 amide bonds. The van der Waals surface area contributed by atoms with Gasteiger partial charge >= 0.3 is 0 Å². The number of benzene rings is 2. The van der Waals surface area contributed by atoms with E-state index in [1.165, 1.54) is 23.3 Å². The van der Waals surface area contributed by atoms with Gasteiger partial charge in [-0.25, -0.2) is 4.39 Å². The smallest absolute Gasteiger partial charge is 0.126 e. The van der Waals surface area contributed by atoms with Crippen LogP contribution in [0, 0.1) is 5.82 Å². The van der Waals surface area contributed by atoms with Gasteiger partial charge in [0.2, 0.25) is 0 Å². The van der Waals surface area contributed by atoms with Crippen LogP contribution in [-0.2, 0) is 12.8 Å². The average molecular weight is 262 g/mol. The van der Waals surface area contributed by atoms with E-state index in [-0.39, 0.29) is 5.82 Å². The molecule has 1 nitrogen and oxygen atoms in total. The lowest BCUT2D eigenvalue weighted by molar-refractivity contribution is 0.627.